The summed E-state index contributed by atoms with van der Waals surface area (Å²) < 4.78 is 5.60. The number of hydrogen-bond donors (Lipinski definition) is 2. The molecule has 0 spiro atoms. The van der Waals surface area contributed by atoms with Crippen molar-refractivity contribution in [1.82, 2.24) is 15.5 Å². The Bertz CT molecular complexity index is 697. The lowest BCUT2D eigenvalue weighted by Crippen LogP contribution is -2.46. The average molecular weight is 432 g/mol. The number of rotatable bonds is 12. The SMILES string of the molecule is CCCCCNC(=O)C1CCN(C(=O)CNC(=O)c2ccc(OCCCC)cc2)CC1. The van der Waals surface area contributed by atoms with Crippen LogP contribution in [0.25, 0.3) is 0 Å². The maximum absolute atomic E-state index is 12.4. The zero-order chi connectivity index (χ0) is 22.5. The van der Waals surface area contributed by atoms with Crippen LogP contribution < -0.4 is 15.4 Å². The van der Waals surface area contributed by atoms with Gasteiger partial charge >= 0.3 is 0 Å². The van der Waals surface area contributed by atoms with Crippen molar-refractivity contribution < 1.29 is 19.1 Å². The fraction of sp³-hybridized carbons (Fsp3) is 0.625. The highest BCUT2D eigenvalue weighted by Gasteiger charge is 2.27. The fourth-order valence-corrected chi connectivity index (χ4v) is 3.53. The standard InChI is InChI=1S/C24H37N3O4/c1-3-5-7-14-25-23(29)20-12-15-27(16-13-20)22(28)18-26-24(30)19-8-10-21(11-9-19)31-17-6-4-2/h8-11,20H,3-7,12-18H2,1-2H3,(H,25,29)(H,26,30). The van der Waals surface area contributed by atoms with Gasteiger partial charge < -0.3 is 20.3 Å². The number of hydrogen-bond acceptors (Lipinski definition) is 4. The van der Waals surface area contributed by atoms with Crippen LogP contribution in [-0.2, 0) is 9.59 Å². The van der Waals surface area contributed by atoms with Gasteiger partial charge in [0.25, 0.3) is 5.91 Å². The molecule has 1 heterocycles. The van der Waals surface area contributed by atoms with E-state index < -0.39 is 0 Å². The summed E-state index contributed by atoms with van der Waals surface area (Å²) in [4.78, 5) is 38.7. The van der Waals surface area contributed by atoms with Crippen LogP contribution >= 0.6 is 0 Å². The van der Waals surface area contributed by atoms with Gasteiger partial charge in [0.1, 0.15) is 5.75 Å². The molecule has 0 unspecified atom stereocenters. The van der Waals surface area contributed by atoms with Crippen molar-refractivity contribution in [2.24, 2.45) is 5.92 Å². The first-order chi connectivity index (χ1) is 15.0. The molecule has 1 saturated heterocycles. The summed E-state index contributed by atoms with van der Waals surface area (Å²) in [6.45, 7) is 6.68. The molecule has 1 fully saturated rings. The maximum Gasteiger partial charge on any atom is 0.251 e. The van der Waals surface area contributed by atoms with Gasteiger partial charge in [0.05, 0.1) is 13.2 Å². The Hall–Kier alpha value is -2.57. The number of carbonyl (C=O) groups excluding carboxylic acids is 3. The lowest BCUT2D eigenvalue weighted by atomic mass is 9.96. The highest BCUT2D eigenvalue weighted by atomic mass is 16.5. The van der Waals surface area contributed by atoms with Crippen LogP contribution in [0.2, 0.25) is 0 Å². The number of unbranched alkanes of at least 4 members (excludes halogenated alkanes) is 3. The summed E-state index contributed by atoms with van der Waals surface area (Å²) in [6, 6.07) is 6.94. The summed E-state index contributed by atoms with van der Waals surface area (Å²) in [6.07, 6.45) is 6.65. The third-order valence-electron chi connectivity index (χ3n) is 5.58. The predicted octanol–water partition coefficient (Wildman–Crippen LogP) is 3.14. The fourth-order valence-electron chi connectivity index (χ4n) is 3.53. The van der Waals surface area contributed by atoms with Gasteiger partial charge in [-0.1, -0.05) is 33.1 Å². The summed E-state index contributed by atoms with van der Waals surface area (Å²) in [5.74, 6) is 0.403. The molecular formula is C24H37N3O4. The Balaban J connectivity index is 1.68. The average Bonchev–Trinajstić information content (AvgIpc) is 2.80. The molecule has 1 aliphatic rings. The number of piperidine rings is 1. The van der Waals surface area contributed by atoms with Gasteiger partial charge in [0.2, 0.25) is 11.8 Å². The Morgan fingerprint density at radius 3 is 2.29 bits per heavy atom. The Kier molecular flexibility index (Phi) is 10.9. The number of ether oxygens (including phenoxy) is 1. The zero-order valence-corrected chi connectivity index (χ0v) is 19.0. The third kappa shape index (κ3) is 8.59. The first-order valence-electron chi connectivity index (χ1n) is 11.6. The molecule has 7 heteroatoms. The number of amides is 3. The van der Waals surface area contributed by atoms with Crippen LogP contribution in [0, 0.1) is 5.92 Å². The van der Waals surface area contributed by atoms with Crippen molar-refractivity contribution in [3.05, 3.63) is 29.8 Å². The van der Waals surface area contributed by atoms with E-state index in [1.54, 1.807) is 29.2 Å². The molecule has 0 aliphatic carbocycles. The highest BCUT2D eigenvalue weighted by molar-refractivity contribution is 5.96. The van der Waals surface area contributed by atoms with Gasteiger partial charge in [-0.2, -0.15) is 0 Å². The van der Waals surface area contributed by atoms with Gasteiger partial charge in [-0.25, -0.2) is 0 Å². The van der Waals surface area contributed by atoms with Crippen LogP contribution in [0.4, 0.5) is 0 Å². The lowest BCUT2D eigenvalue weighted by molar-refractivity contribution is -0.134. The van der Waals surface area contributed by atoms with E-state index in [-0.39, 0.29) is 30.2 Å². The third-order valence-corrected chi connectivity index (χ3v) is 5.58. The monoisotopic (exact) mass is 431 g/mol. The molecule has 7 nitrogen and oxygen atoms in total. The zero-order valence-electron chi connectivity index (χ0n) is 19.0. The van der Waals surface area contributed by atoms with E-state index in [1.165, 1.54) is 0 Å². The number of nitrogens with zero attached hydrogens (tertiary/aromatic N) is 1. The number of benzene rings is 1. The van der Waals surface area contributed by atoms with Gasteiger partial charge in [-0.05, 0) is 49.9 Å². The van der Waals surface area contributed by atoms with Crippen LogP contribution in [0.15, 0.2) is 24.3 Å². The van der Waals surface area contributed by atoms with Gasteiger partial charge in [-0.15, -0.1) is 0 Å². The van der Waals surface area contributed by atoms with E-state index in [2.05, 4.69) is 24.5 Å². The topological polar surface area (TPSA) is 87.7 Å². The molecule has 1 aromatic rings. The second kappa shape index (κ2) is 13.7. The van der Waals surface area contributed by atoms with Crippen molar-refractivity contribution in [3.63, 3.8) is 0 Å². The van der Waals surface area contributed by atoms with Crippen molar-refractivity contribution in [2.75, 3.05) is 32.8 Å². The molecule has 0 aromatic heterocycles. The van der Waals surface area contributed by atoms with Crippen LogP contribution in [0.5, 0.6) is 5.75 Å². The number of likely N-dealkylation sites (tertiary alicyclic amines) is 1. The Morgan fingerprint density at radius 1 is 0.968 bits per heavy atom. The molecule has 0 atom stereocenters. The summed E-state index contributed by atoms with van der Waals surface area (Å²) in [5.41, 5.74) is 0.495. The van der Waals surface area contributed by atoms with E-state index in [1.807, 2.05) is 0 Å². The predicted molar refractivity (Wildman–Crippen MR) is 121 cm³/mol. The minimum Gasteiger partial charge on any atom is -0.494 e. The quantitative estimate of drug-likeness (QED) is 0.498. The Morgan fingerprint density at radius 2 is 1.65 bits per heavy atom. The minimum absolute atomic E-state index is 0.0293. The lowest BCUT2D eigenvalue weighted by Gasteiger charge is -2.31. The summed E-state index contributed by atoms with van der Waals surface area (Å²) >= 11 is 0. The molecule has 0 bridgehead atoms. The molecule has 0 saturated carbocycles. The van der Waals surface area contributed by atoms with Gasteiger partial charge in [-0.3, -0.25) is 14.4 Å². The van der Waals surface area contributed by atoms with Crippen molar-refractivity contribution in [1.29, 1.82) is 0 Å². The molecule has 172 valence electrons. The highest BCUT2D eigenvalue weighted by Crippen LogP contribution is 2.17. The first-order valence-corrected chi connectivity index (χ1v) is 11.6. The van der Waals surface area contributed by atoms with E-state index in [0.717, 1.165) is 44.4 Å². The minimum atomic E-state index is -0.283. The van der Waals surface area contributed by atoms with Crippen LogP contribution in [-0.4, -0.2) is 55.4 Å². The molecule has 1 aromatic carbocycles. The second-order valence-electron chi connectivity index (χ2n) is 8.06. The normalized spacial score (nSPS) is 14.2. The number of nitrogens with one attached hydrogen (secondary N) is 2. The first kappa shape index (κ1) is 24.7. The summed E-state index contributed by atoms with van der Waals surface area (Å²) in [5, 5.41) is 5.69. The summed E-state index contributed by atoms with van der Waals surface area (Å²) in [7, 11) is 0. The van der Waals surface area contributed by atoms with Gasteiger partial charge in [0.15, 0.2) is 0 Å². The van der Waals surface area contributed by atoms with Crippen molar-refractivity contribution in [3.8, 4) is 5.75 Å². The van der Waals surface area contributed by atoms with E-state index >= 15 is 0 Å². The molecular weight excluding hydrogens is 394 g/mol. The van der Waals surface area contributed by atoms with E-state index in [0.29, 0.717) is 38.1 Å². The van der Waals surface area contributed by atoms with E-state index in [4.69, 9.17) is 4.74 Å². The molecule has 2 N–H and O–H groups in total. The van der Waals surface area contributed by atoms with Gasteiger partial charge in [0, 0.05) is 31.1 Å². The van der Waals surface area contributed by atoms with Crippen molar-refractivity contribution in [2.45, 2.75) is 58.8 Å². The molecule has 3 amide bonds. The molecule has 0 radical (unpaired) electrons. The molecule has 2 rings (SSSR count). The van der Waals surface area contributed by atoms with Crippen molar-refractivity contribution >= 4 is 17.7 Å². The molecule has 31 heavy (non-hydrogen) atoms. The largest absolute Gasteiger partial charge is 0.494 e. The smallest absolute Gasteiger partial charge is 0.251 e. The maximum atomic E-state index is 12.4. The number of carbonyl (C=O) groups is 3. The molecule has 1 aliphatic heterocycles. The van der Waals surface area contributed by atoms with E-state index in [9.17, 15) is 14.4 Å². The Labute approximate surface area is 185 Å². The van der Waals surface area contributed by atoms with Crippen LogP contribution in [0.1, 0.15) is 69.2 Å². The van der Waals surface area contributed by atoms with Crippen LogP contribution in [0.3, 0.4) is 0 Å². The second-order valence-corrected chi connectivity index (χ2v) is 8.06.